The highest BCUT2D eigenvalue weighted by Crippen LogP contribution is 2.22. The average molecular weight is 285 g/mol. The van der Waals surface area contributed by atoms with Crippen molar-refractivity contribution in [3.8, 4) is 0 Å². The Bertz CT molecular complexity index is 394. The van der Waals surface area contributed by atoms with Crippen molar-refractivity contribution in [1.82, 2.24) is 14.9 Å². The van der Waals surface area contributed by atoms with Gasteiger partial charge in [0.05, 0.1) is 18.9 Å². The van der Waals surface area contributed by atoms with E-state index in [0.29, 0.717) is 11.1 Å². The van der Waals surface area contributed by atoms with Gasteiger partial charge in [0.2, 0.25) is 0 Å². The molecular weight excluding hydrogens is 264 g/mol. The number of halogens is 1. The van der Waals surface area contributed by atoms with Crippen molar-refractivity contribution in [3.05, 3.63) is 17.5 Å². The first-order chi connectivity index (χ1) is 9.16. The fourth-order valence-corrected chi connectivity index (χ4v) is 2.36. The van der Waals surface area contributed by atoms with Crippen LogP contribution in [0.3, 0.4) is 0 Å². The highest BCUT2D eigenvalue weighted by molar-refractivity contribution is 6.32. The molecule has 1 aromatic rings. The van der Waals surface area contributed by atoms with Gasteiger partial charge < -0.3 is 9.64 Å². The number of anilines is 1. The maximum Gasteiger partial charge on any atom is 0.150 e. The monoisotopic (exact) mass is 284 g/mol. The molecule has 2 heterocycles. The van der Waals surface area contributed by atoms with Crippen LogP contribution >= 0.6 is 11.6 Å². The SMILES string of the molecule is CC(C)OCCN1CCN(c2ncncc2Cl)CC1. The highest BCUT2D eigenvalue weighted by atomic mass is 35.5. The lowest BCUT2D eigenvalue weighted by atomic mass is 10.3. The Balaban J connectivity index is 1.78. The van der Waals surface area contributed by atoms with E-state index in [9.17, 15) is 0 Å². The molecule has 0 unspecified atom stereocenters. The third-order valence-corrected chi connectivity index (χ3v) is 3.45. The summed E-state index contributed by atoms with van der Waals surface area (Å²) in [6.07, 6.45) is 3.50. The lowest BCUT2D eigenvalue weighted by Crippen LogP contribution is -2.47. The molecule has 0 aliphatic carbocycles. The van der Waals surface area contributed by atoms with E-state index in [0.717, 1.165) is 45.1 Å². The van der Waals surface area contributed by atoms with E-state index in [4.69, 9.17) is 16.3 Å². The summed E-state index contributed by atoms with van der Waals surface area (Å²) in [5.41, 5.74) is 0. The van der Waals surface area contributed by atoms with Gasteiger partial charge in [0.15, 0.2) is 5.82 Å². The van der Waals surface area contributed by atoms with E-state index < -0.39 is 0 Å². The topological polar surface area (TPSA) is 41.5 Å². The van der Waals surface area contributed by atoms with Crippen molar-refractivity contribution >= 4 is 17.4 Å². The lowest BCUT2D eigenvalue weighted by molar-refractivity contribution is 0.0578. The summed E-state index contributed by atoms with van der Waals surface area (Å²) < 4.78 is 5.58. The van der Waals surface area contributed by atoms with Gasteiger partial charge in [-0.05, 0) is 13.8 Å². The van der Waals surface area contributed by atoms with Gasteiger partial charge in [0, 0.05) is 32.7 Å². The Morgan fingerprint density at radius 1 is 1.32 bits per heavy atom. The molecule has 5 nitrogen and oxygen atoms in total. The van der Waals surface area contributed by atoms with Gasteiger partial charge in [-0.2, -0.15) is 0 Å². The Hall–Kier alpha value is -0.910. The summed E-state index contributed by atoms with van der Waals surface area (Å²) in [5, 5.41) is 0.624. The molecule has 0 spiro atoms. The Labute approximate surface area is 119 Å². The third kappa shape index (κ3) is 4.30. The van der Waals surface area contributed by atoms with Crippen molar-refractivity contribution in [2.24, 2.45) is 0 Å². The molecule has 1 aliphatic rings. The predicted molar refractivity (Wildman–Crippen MR) is 76.8 cm³/mol. The smallest absolute Gasteiger partial charge is 0.150 e. The zero-order valence-corrected chi connectivity index (χ0v) is 12.3. The van der Waals surface area contributed by atoms with Crippen LogP contribution < -0.4 is 4.90 Å². The second kappa shape index (κ2) is 7.03. The first kappa shape index (κ1) is 14.5. The van der Waals surface area contributed by atoms with Crippen molar-refractivity contribution in [1.29, 1.82) is 0 Å². The van der Waals surface area contributed by atoms with Crippen LogP contribution in [0.15, 0.2) is 12.5 Å². The number of nitrogens with zero attached hydrogens (tertiary/aromatic N) is 4. The molecule has 0 atom stereocenters. The summed E-state index contributed by atoms with van der Waals surface area (Å²) in [4.78, 5) is 12.8. The van der Waals surface area contributed by atoms with Crippen LogP contribution in [-0.2, 0) is 4.74 Å². The van der Waals surface area contributed by atoms with Crippen molar-refractivity contribution in [2.75, 3.05) is 44.2 Å². The molecule has 6 heteroatoms. The molecule has 0 N–H and O–H groups in total. The zero-order valence-electron chi connectivity index (χ0n) is 11.5. The van der Waals surface area contributed by atoms with Crippen LogP contribution in [0, 0.1) is 0 Å². The third-order valence-electron chi connectivity index (χ3n) is 3.18. The number of hydrogen-bond acceptors (Lipinski definition) is 5. The minimum atomic E-state index is 0.307. The first-order valence-electron chi connectivity index (χ1n) is 6.71. The maximum atomic E-state index is 6.11. The summed E-state index contributed by atoms with van der Waals surface area (Å²) >= 11 is 6.11. The van der Waals surface area contributed by atoms with Crippen LogP contribution in [0.1, 0.15) is 13.8 Å². The van der Waals surface area contributed by atoms with Crippen LogP contribution in [0.5, 0.6) is 0 Å². The molecule has 0 saturated carbocycles. The van der Waals surface area contributed by atoms with Crippen LogP contribution in [-0.4, -0.2) is 60.3 Å². The standard InChI is InChI=1S/C13H21ClN4O/c1-11(2)19-8-7-17-3-5-18(6-4-17)13-12(14)9-15-10-16-13/h9-11H,3-8H2,1-2H3. The van der Waals surface area contributed by atoms with Gasteiger partial charge >= 0.3 is 0 Å². The van der Waals surface area contributed by atoms with Gasteiger partial charge in [0.1, 0.15) is 11.3 Å². The number of hydrogen-bond donors (Lipinski definition) is 0. The van der Waals surface area contributed by atoms with Gasteiger partial charge in [0.25, 0.3) is 0 Å². The largest absolute Gasteiger partial charge is 0.377 e. The first-order valence-corrected chi connectivity index (χ1v) is 7.09. The Morgan fingerprint density at radius 2 is 2.05 bits per heavy atom. The number of ether oxygens (including phenoxy) is 1. The van der Waals surface area contributed by atoms with E-state index in [1.165, 1.54) is 0 Å². The minimum absolute atomic E-state index is 0.307. The van der Waals surface area contributed by atoms with E-state index in [-0.39, 0.29) is 0 Å². The van der Waals surface area contributed by atoms with Crippen molar-refractivity contribution in [3.63, 3.8) is 0 Å². The van der Waals surface area contributed by atoms with Crippen LogP contribution in [0.25, 0.3) is 0 Å². The summed E-state index contributed by atoms with van der Waals surface area (Å²) in [7, 11) is 0. The van der Waals surface area contributed by atoms with Crippen molar-refractivity contribution in [2.45, 2.75) is 20.0 Å². The second-order valence-corrected chi connectivity index (χ2v) is 5.35. The minimum Gasteiger partial charge on any atom is -0.377 e. The van der Waals surface area contributed by atoms with Gasteiger partial charge in [-0.1, -0.05) is 11.6 Å². The normalized spacial score (nSPS) is 17.2. The number of piperazine rings is 1. The van der Waals surface area contributed by atoms with E-state index in [1.54, 1.807) is 12.5 Å². The van der Waals surface area contributed by atoms with Crippen molar-refractivity contribution < 1.29 is 4.74 Å². The highest BCUT2D eigenvalue weighted by Gasteiger charge is 2.19. The second-order valence-electron chi connectivity index (χ2n) is 4.94. The molecule has 0 radical (unpaired) electrons. The summed E-state index contributed by atoms with van der Waals surface area (Å²) in [5.74, 6) is 0.842. The lowest BCUT2D eigenvalue weighted by Gasteiger charge is -2.35. The molecule has 106 valence electrons. The zero-order chi connectivity index (χ0) is 13.7. The molecule has 1 saturated heterocycles. The molecule has 1 aliphatic heterocycles. The average Bonchev–Trinajstić information content (AvgIpc) is 2.40. The van der Waals surface area contributed by atoms with E-state index >= 15 is 0 Å². The van der Waals surface area contributed by atoms with Crippen LogP contribution in [0.4, 0.5) is 5.82 Å². The maximum absolute atomic E-state index is 6.11. The number of aromatic nitrogens is 2. The Kier molecular flexibility index (Phi) is 5.36. The molecule has 1 aromatic heterocycles. The molecule has 2 rings (SSSR count). The molecule has 19 heavy (non-hydrogen) atoms. The number of rotatable bonds is 5. The van der Waals surface area contributed by atoms with E-state index in [1.807, 2.05) is 0 Å². The van der Waals surface area contributed by atoms with E-state index in [2.05, 4.69) is 33.6 Å². The summed E-state index contributed by atoms with van der Waals surface area (Å²) in [6, 6.07) is 0. The molecular formula is C13H21ClN4O. The molecule has 0 bridgehead atoms. The van der Waals surface area contributed by atoms with Gasteiger partial charge in [-0.3, -0.25) is 4.90 Å². The van der Waals surface area contributed by atoms with Crippen LogP contribution in [0.2, 0.25) is 5.02 Å². The molecule has 0 aromatic carbocycles. The predicted octanol–water partition coefficient (Wildman–Crippen LogP) is 1.68. The van der Waals surface area contributed by atoms with Gasteiger partial charge in [-0.15, -0.1) is 0 Å². The fraction of sp³-hybridized carbons (Fsp3) is 0.692. The van der Waals surface area contributed by atoms with Gasteiger partial charge in [-0.25, -0.2) is 9.97 Å². The fourth-order valence-electron chi connectivity index (χ4n) is 2.14. The summed E-state index contributed by atoms with van der Waals surface area (Å²) in [6.45, 7) is 9.83. The quantitative estimate of drug-likeness (QED) is 0.823. The molecule has 1 fully saturated rings. The molecule has 0 amide bonds. The Morgan fingerprint density at radius 3 is 2.68 bits per heavy atom.